The van der Waals surface area contributed by atoms with Crippen molar-refractivity contribution in [3.8, 4) is 11.9 Å². The molecule has 1 fully saturated rings. The number of hydrogen-bond acceptors (Lipinski definition) is 7. The van der Waals surface area contributed by atoms with Gasteiger partial charge in [-0.1, -0.05) is 0 Å². The van der Waals surface area contributed by atoms with Gasteiger partial charge in [-0.25, -0.2) is 15.0 Å². The number of fused-ring (bicyclic) bond motifs is 9. The van der Waals surface area contributed by atoms with E-state index in [-0.39, 0.29) is 6.10 Å². The summed E-state index contributed by atoms with van der Waals surface area (Å²) in [5.74, 6) is 1.77. The van der Waals surface area contributed by atoms with Crippen molar-refractivity contribution in [1.29, 1.82) is 0 Å². The van der Waals surface area contributed by atoms with E-state index in [1.165, 1.54) is 0 Å². The largest absolute Gasteiger partial charge is 0.478 e. The van der Waals surface area contributed by atoms with Crippen molar-refractivity contribution >= 4 is 11.5 Å². The van der Waals surface area contributed by atoms with Crippen LogP contribution in [-0.4, -0.2) is 37.9 Å². The lowest BCUT2D eigenvalue weighted by atomic mass is 10.0. The van der Waals surface area contributed by atoms with Crippen LogP contribution in [0.3, 0.4) is 0 Å². The predicted molar refractivity (Wildman–Crippen MR) is 103 cm³/mol. The third-order valence-electron chi connectivity index (χ3n) is 5.22. The zero-order chi connectivity index (χ0) is 18.8. The van der Waals surface area contributed by atoms with Gasteiger partial charge >= 0.3 is 6.01 Å². The second-order valence-corrected chi connectivity index (χ2v) is 7.25. The van der Waals surface area contributed by atoms with Gasteiger partial charge in [-0.2, -0.15) is 5.10 Å². The number of aryl methyl sites for hydroxylation is 1. The lowest BCUT2D eigenvalue weighted by Gasteiger charge is -2.13. The number of rotatable bonds is 0. The number of nitrogens with one attached hydrogen (secondary N) is 2. The number of ether oxygens (including phenoxy) is 2. The Bertz CT molecular complexity index is 959. The van der Waals surface area contributed by atoms with Crippen LogP contribution in [0.25, 0.3) is 0 Å². The standard InChI is InChI=1S/C20H22N6O2/c1-2-14-5-8-22-20(24-14)28-16-4-3-13(10-16)17-12-18(26-25-17)23-15-6-7-21-19(11-15)27-9-1/h5-8,11-13,16H,1-4,9-10H2,(H2,23,25,26)/t13-,16+/m0/s1. The Morgan fingerprint density at radius 1 is 1.07 bits per heavy atom. The molecule has 8 heteroatoms. The maximum Gasteiger partial charge on any atom is 0.316 e. The molecule has 28 heavy (non-hydrogen) atoms. The fourth-order valence-electron chi connectivity index (χ4n) is 3.80. The summed E-state index contributed by atoms with van der Waals surface area (Å²) >= 11 is 0. The molecule has 0 aromatic carbocycles. The summed E-state index contributed by atoms with van der Waals surface area (Å²) in [5.41, 5.74) is 2.98. The van der Waals surface area contributed by atoms with Gasteiger partial charge in [0.1, 0.15) is 6.10 Å². The summed E-state index contributed by atoms with van der Waals surface area (Å²) in [4.78, 5) is 13.1. The van der Waals surface area contributed by atoms with Crippen molar-refractivity contribution in [2.75, 3.05) is 11.9 Å². The van der Waals surface area contributed by atoms with E-state index >= 15 is 0 Å². The Kier molecular flexibility index (Phi) is 4.52. The van der Waals surface area contributed by atoms with Crippen LogP contribution in [0.5, 0.6) is 11.9 Å². The topological polar surface area (TPSA) is 97.8 Å². The number of pyridine rings is 1. The molecule has 1 aliphatic heterocycles. The number of aromatic amines is 1. The summed E-state index contributed by atoms with van der Waals surface area (Å²) in [6, 6.07) is 8.25. The number of hydrogen-bond donors (Lipinski definition) is 2. The van der Waals surface area contributed by atoms with E-state index in [1.807, 2.05) is 18.2 Å². The molecular weight excluding hydrogens is 356 g/mol. The molecular formula is C20H22N6O2. The smallest absolute Gasteiger partial charge is 0.316 e. The van der Waals surface area contributed by atoms with Crippen molar-refractivity contribution in [2.24, 2.45) is 0 Å². The van der Waals surface area contributed by atoms with Gasteiger partial charge < -0.3 is 14.8 Å². The molecule has 0 unspecified atom stereocenters. The first kappa shape index (κ1) is 17.0. The van der Waals surface area contributed by atoms with E-state index < -0.39 is 0 Å². The van der Waals surface area contributed by atoms with Crippen LogP contribution in [-0.2, 0) is 6.42 Å². The van der Waals surface area contributed by atoms with E-state index in [4.69, 9.17) is 9.47 Å². The molecule has 3 aromatic rings. The highest BCUT2D eigenvalue weighted by Crippen LogP contribution is 2.36. The maximum atomic E-state index is 6.06. The molecule has 0 amide bonds. The fraction of sp³-hybridized carbons (Fsp3) is 0.400. The molecule has 0 radical (unpaired) electrons. The van der Waals surface area contributed by atoms with E-state index in [9.17, 15) is 0 Å². The van der Waals surface area contributed by atoms with Crippen LogP contribution >= 0.6 is 0 Å². The van der Waals surface area contributed by atoms with Crippen LogP contribution in [0.15, 0.2) is 36.7 Å². The van der Waals surface area contributed by atoms with Crippen LogP contribution in [0.1, 0.15) is 43.0 Å². The Morgan fingerprint density at radius 2 is 2.04 bits per heavy atom. The number of aromatic nitrogens is 5. The number of H-pyrrole nitrogens is 1. The maximum absolute atomic E-state index is 6.06. The first-order chi connectivity index (χ1) is 13.8. The second-order valence-electron chi connectivity index (χ2n) is 7.25. The van der Waals surface area contributed by atoms with Gasteiger partial charge in [-0.15, -0.1) is 0 Å². The molecule has 8 bridgehead atoms. The average Bonchev–Trinajstić information content (AvgIpc) is 3.35. The van der Waals surface area contributed by atoms with Crippen molar-refractivity contribution < 1.29 is 9.47 Å². The highest BCUT2D eigenvalue weighted by Gasteiger charge is 2.29. The number of anilines is 2. The lowest BCUT2D eigenvalue weighted by Crippen LogP contribution is -2.14. The van der Waals surface area contributed by atoms with Crippen molar-refractivity contribution in [1.82, 2.24) is 25.1 Å². The summed E-state index contributed by atoms with van der Waals surface area (Å²) < 4.78 is 11.8. The highest BCUT2D eigenvalue weighted by atomic mass is 16.5. The molecule has 2 atom stereocenters. The van der Waals surface area contributed by atoms with E-state index in [2.05, 4.69) is 36.5 Å². The van der Waals surface area contributed by atoms with Gasteiger partial charge in [0, 0.05) is 47.5 Å². The molecule has 1 aliphatic carbocycles. The van der Waals surface area contributed by atoms with Gasteiger partial charge in [0.2, 0.25) is 5.88 Å². The Balaban J connectivity index is 1.42. The molecule has 5 rings (SSSR count). The van der Waals surface area contributed by atoms with E-state index in [0.717, 1.165) is 55.0 Å². The SMILES string of the molecule is c1cc2cc(n1)OCCCc1ccnc(n1)O[C@@H]1CC[C@@H](C1)c1cc(n[nH]1)N2. The third-order valence-corrected chi connectivity index (χ3v) is 5.22. The Morgan fingerprint density at radius 3 is 3.04 bits per heavy atom. The molecule has 1 saturated carbocycles. The normalized spacial score (nSPS) is 21.6. The van der Waals surface area contributed by atoms with E-state index in [0.29, 0.717) is 24.4 Å². The Hall–Kier alpha value is -3.16. The fourth-order valence-corrected chi connectivity index (χ4v) is 3.80. The first-order valence-electron chi connectivity index (χ1n) is 9.71. The predicted octanol–water partition coefficient (Wildman–Crippen LogP) is 3.38. The zero-order valence-electron chi connectivity index (χ0n) is 15.5. The minimum Gasteiger partial charge on any atom is -0.478 e. The van der Waals surface area contributed by atoms with Crippen molar-refractivity contribution in [2.45, 2.75) is 44.1 Å². The lowest BCUT2D eigenvalue weighted by molar-refractivity contribution is 0.189. The molecule has 2 aliphatic rings. The summed E-state index contributed by atoms with van der Waals surface area (Å²) in [6.45, 7) is 0.563. The van der Waals surface area contributed by atoms with E-state index in [1.54, 1.807) is 12.4 Å². The first-order valence-corrected chi connectivity index (χ1v) is 9.71. The molecule has 3 aromatic heterocycles. The minimum atomic E-state index is 0.130. The monoisotopic (exact) mass is 378 g/mol. The van der Waals surface area contributed by atoms with Crippen molar-refractivity contribution in [3.63, 3.8) is 0 Å². The van der Waals surface area contributed by atoms with Crippen molar-refractivity contribution in [3.05, 3.63) is 48.0 Å². The van der Waals surface area contributed by atoms with Gasteiger partial charge in [0.25, 0.3) is 0 Å². The average molecular weight is 378 g/mol. The van der Waals surface area contributed by atoms with Crippen LogP contribution < -0.4 is 14.8 Å². The second kappa shape index (κ2) is 7.46. The third kappa shape index (κ3) is 3.76. The number of nitrogens with zero attached hydrogens (tertiary/aromatic N) is 4. The summed E-state index contributed by atoms with van der Waals surface area (Å²) in [7, 11) is 0. The highest BCUT2D eigenvalue weighted by molar-refractivity contribution is 5.57. The molecule has 144 valence electrons. The molecule has 8 nitrogen and oxygen atoms in total. The van der Waals surface area contributed by atoms with Gasteiger partial charge in [0.15, 0.2) is 5.82 Å². The quantitative estimate of drug-likeness (QED) is 0.619. The van der Waals surface area contributed by atoms with Gasteiger partial charge in [-0.05, 0) is 44.2 Å². The zero-order valence-corrected chi connectivity index (χ0v) is 15.5. The molecule has 0 saturated heterocycles. The summed E-state index contributed by atoms with van der Waals surface area (Å²) in [5, 5.41) is 10.9. The van der Waals surface area contributed by atoms with Crippen LogP contribution in [0, 0.1) is 0 Å². The Labute approximate surface area is 162 Å². The molecule has 2 N–H and O–H groups in total. The minimum absolute atomic E-state index is 0.130. The van der Waals surface area contributed by atoms with Gasteiger partial charge in [0.05, 0.1) is 6.61 Å². The van der Waals surface area contributed by atoms with Crippen LogP contribution in [0.4, 0.5) is 11.5 Å². The van der Waals surface area contributed by atoms with Gasteiger partial charge in [-0.3, -0.25) is 5.10 Å². The van der Waals surface area contributed by atoms with Crippen LogP contribution in [0.2, 0.25) is 0 Å². The molecule has 0 spiro atoms. The summed E-state index contributed by atoms with van der Waals surface area (Å²) in [6.07, 6.45) is 8.25. The molecule has 4 heterocycles.